The Morgan fingerprint density at radius 2 is 2.09 bits per heavy atom. The summed E-state index contributed by atoms with van der Waals surface area (Å²) in [7, 11) is 3.84. The van der Waals surface area contributed by atoms with Gasteiger partial charge in [0, 0.05) is 12.6 Å². The number of likely N-dealkylation sites (N-methyl/N-ethyl adjacent to an activating group) is 1. The van der Waals surface area contributed by atoms with Crippen LogP contribution in [0, 0.1) is 5.92 Å². The molecule has 0 aromatic carbocycles. The lowest BCUT2D eigenvalue weighted by Gasteiger charge is -2.18. The molecule has 0 radical (unpaired) electrons. The van der Waals surface area contributed by atoms with Gasteiger partial charge in [-0.1, -0.05) is 0 Å². The zero-order chi connectivity index (χ0) is 8.27. The summed E-state index contributed by atoms with van der Waals surface area (Å²) in [6, 6.07) is 0.313. The van der Waals surface area contributed by atoms with E-state index in [1.165, 1.54) is 0 Å². The highest BCUT2D eigenvalue weighted by atomic mass is 16.3. The largest absolute Gasteiger partial charge is 0.391 e. The third-order valence-corrected chi connectivity index (χ3v) is 2.58. The van der Waals surface area contributed by atoms with Gasteiger partial charge >= 0.3 is 0 Å². The van der Waals surface area contributed by atoms with Gasteiger partial charge in [-0.3, -0.25) is 0 Å². The number of aliphatic hydroxyl groups is 1. The molecule has 1 aliphatic rings. The van der Waals surface area contributed by atoms with E-state index in [9.17, 15) is 5.11 Å². The Kier molecular flexibility index (Phi) is 3.30. The summed E-state index contributed by atoms with van der Waals surface area (Å²) in [6.07, 6.45) is 2.07. The number of hydrogen-bond acceptors (Lipinski definition) is 3. The Morgan fingerprint density at radius 1 is 1.36 bits per heavy atom. The van der Waals surface area contributed by atoms with Crippen molar-refractivity contribution < 1.29 is 5.11 Å². The van der Waals surface area contributed by atoms with Crippen LogP contribution in [0.5, 0.6) is 0 Å². The highest BCUT2D eigenvalue weighted by Gasteiger charge is 2.32. The van der Waals surface area contributed by atoms with Crippen molar-refractivity contribution in [1.82, 2.24) is 10.6 Å². The minimum absolute atomic E-state index is 0.160. The first-order valence-electron chi connectivity index (χ1n) is 4.29. The van der Waals surface area contributed by atoms with E-state index in [0.29, 0.717) is 12.0 Å². The molecular formula is C8H18N2O. The van der Waals surface area contributed by atoms with Gasteiger partial charge in [0.1, 0.15) is 0 Å². The quantitative estimate of drug-likeness (QED) is 0.522. The van der Waals surface area contributed by atoms with E-state index in [1.54, 1.807) is 0 Å². The van der Waals surface area contributed by atoms with Crippen LogP contribution in [0.3, 0.4) is 0 Å². The van der Waals surface area contributed by atoms with Crippen LogP contribution >= 0.6 is 0 Å². The number of aliphatic hydroxyl groups excluding tert-OH is 1. The number of nitrogens with one attached hydrogen (secondary N) is 2. The molecule has 0 bridgehead atoms. The first kappa shape index (κ1) is 8.97. The van der Waals surface area contributed by atoms with Crippen LogP contribution in [0.15, 0.2) is 0 Å². The van der Waals surface area contributed by atoms with Crippen molar-refractivity contribution in [2.45, 2.75) is 25.0 Å². The zero-order valence-corrected chi connectivity index (χ0v) is 7.30. The monoisotopic (exact) mass is 158 g/mol. The smallest absolute Gasteiger partial charge is 0.0733 e. The molecule has 0 spiro atoms. The summed E-state index contributed by atoms with van der Waals surface area (Å²) in [5.74, 6) is 0.442. The molecule has 0 amide bonds. The molecule has 1 saturated carbocycles. The molecule has 0 aliphatic heterocycles. The Morgan fingerprint density at radius 3 is 2.55 bits per heavy atom. The Hall–Kier alpha value is -0.120. The molecule has 0 heterocycles. The van der Waals surface area contributed by atoms with Crippen LogP contribution in [0.4, 0.5) is 0 Å². The fourth-order valence-corrected chi connectivity index (χ4v) is 1.86. The first-order valence-corrected chi connectivity index (χ1v) is 4.29. The zero-order valence-electron chi connectivity index (χ0n) is 7.30. The van der Waals surface area contributed by atoms with Gasteiger partial charge in [-0.2, -0.15) is 0 Å². The summed E-state index contributed by atoms with van der Waals surface area (Å²) >= 11 is 0. The normalized spacial score (nSPS) is 37.9. The SMILES string of the molecule is CNC[C@@H]1CC[C@H](NC)[C@H]1O. The van der Waals surface area contributed by atoms with Crippen molar-refractivity contribution in [3.63, 3.8) is 0 Å². The molecule has 3 nitrogen and oxygen atoms in total. The van der Waals surface area contributed by atoms with Crippen molar-refractivity contribution in [2.75, 3.05) is 20.6 Å². The van der Waals surface area contributed by atoms with Crippen LogP contribution in [-0.4, -0.2) is 37.9 Å². The maximum absolute atomic E-state index is 9.68. The molecule has 1 fully saturated rings. The second-order valence-corrected chi connectivity index (χ2v) is 3.28. The molecule has 0 aromatic rings. The molecule has 3 N–H and O–H groups in total. The molecule has 1 aliphatic carbocycles. The van der Waals surface area contributed by atoms with Crippen molar-refractivity contribution in [3.05, 3.63) is 0 Å². The number of hydrogen-bond donors (Lipinski definition) is 3. The van der Waals surface area contributed by atoms with Gasteiger partial charge in [-0.25, -0.2) is 0 Å². The second-order valence-electron chi connectivity index (χ2n) is 3.28. The fourth-order valence-electron chi connectivity index (χ4n) is 1.86. The van der Waals surface area contributed by atoms with E-state index in [-0.39, 0.29) is 6.10 Å². The van der Waals surface area contributed by atoms with Crippen LogP contribution in [0.1, 0.15) is 12.8 Å². The molecule has 0 unspecified atom stereocenters. The van der Waals surface area contributed by atoms with Crippen LogP contribution in [-0.2, 0) is 0 Å². The van der Waals surface area contributed by atoms with E-state index in [4.69, 9.17) is 0 Å². The van der Waals surface area contributed by atoms with Gasteiger partial charge in [0.2, 0.25) is 0 Å². The summed E-state index contributed by atoms with van der Waals surface area (Å²) in [5.41, 5.74) is 0. The van der Waals surface area contributed by atoms with E-state index in [2.05, 4.69) is 10.6 Å². The van der Waals surface area contributed by atoms with Crippen LogP contribution < -0.4 is 10.6 Å². The van der Waals surface area contributed by atoms with E-state index < -0.39 is 0 Å². The molecule has 11 heavy (non-hydrogen) atoms. The summed E-state index contributed by atoms with van der Waals surface area (Å²) in [6.45, 7) is 0.930. The minimum atomic E-state index is -0.160. The van der Waals surface area contributed by atoms with Gasteiger partial charge in [-0.15, -0.1) is 0 Å². The Bertz CT molecular complexity index is 119. The number of rotatable bonds is 3. The molecular weight excluding hydrogens is 140 g/mol. The van der Waals surface area contributed by atoms with Gasteiger partial charge in [-0.05, 0) is 32.9 Å². The topological polar surface area (TPSA) is 44.3 Å². The summed E-state index contributed by atoms with van der Waals surface area (Å²) in [5, 5.41) is 15.9. The van der Waals surface area contributed by atoms with Gasteiger partial charge < -0.3 is 15.7 Å². The van der Waals surface area contributed by atoms with Crippen molar-refractivity contribution in [1.29, 1.82) is 0 Å². The third kappa shape index (κ3) is 1.92. The van der Waals surface area contributed by atoms with Crippen molar-refractivity contribution in [2.24, 2.45) is 5.92 Å². The van der Waals surface area contributed by atoms with E-state index in [0.717, 1.165) is 19.4 Å². The highest BCUT2D eigenvalue weighted by Crippen LogP contribution is 2.24. The summed E-state index contributed by atoms with van der Waals surface area (Å²) < 4.78 is 0. The van der Waals surface area contributed by atoms with E-state index in [1.807, 2.05) is 14.1 Å². The standard InChI is InChI=1S/C8H18N2O/c1-9-5-6-3-4-7(10-2)8(6)11/h6-11H,3-5H2,1-2H3/t6-,7-,8-/m0/s1. The average Bonchev–Trinajstić information content (AvgIpc) is 2.34. The fraction of sp³-hybridized carbons (Fsp3) is 1.00. The lowest BCUT2D eigenvalue weighted by atomic mass is 10.1. The molecule has 1 rings (SSSR count). The molecule has 3 atom stereocenters. The Labute approximate surface area is 68.2 Å². The minimum Gasteiger partial charge on any atom is -0.391 e. The lowest BCUT2D eigenvalue weighted by Crippen LogP contribution is -2.38. The third-order valence-electron chi connectivity index (χ3n) is 2.58. The van der Waals surface area contributed by atoms with Gasteiger partial charge in [0.15, 0.2) is 0 Å². The van der Waals surface area contributed by atoms with Gasteiger partial charge in [0.05, 0.1) is 6.10 Å². The predicted octanol–water partition coefficient (Wildman–Crippen LogP) is -0.435. The summed E-state index contributed by atoms with van der Waals surface area (Å²) in [4.78, 5) is 0. The van der Waals surface area contributed by atoms with Crippen LogP contribution in [0.25, 0.3) is 0 Å². The lowest BCUT2D eigenvalue weighted by molar-refractivity contribution is 0.109. The molecule has 66 valence electrons. The predicted molar refractivity (Wildman–Crippen MR) is 45.5 cm³/mol. The van der Waals surface area contributed by atoms with Crippen molar-refractivity contribution >= 4 is 0 Å². The van der Waals surface area contributed by atoms with Gasteiger partial charge in [0.25, 0.3) is 0 Å². The first-order chi connectivity index (χ1) is 5.29. The average molecular weight is 158 g/mol. The molecule has 0 saturated heterocycles. The van der Waals surface area contributed by atoms with Crippen LogP contribution in [0.2, 0.25) is 0 Å². The van der Waals surface area contributed by atoms with E-state index >= 15 is 0 Å². The second kappa shape index (κ2) is 4.04. The highest BCUT2D eigenvalue weighted by molar-refractivity contribution is 4.89. The Balaban J connectivity index is 2.35. The maximum atomic E-state index is 9.68. The maximum Gasteiger partial charge on any atom is 0.0733 e. The van der Waals surface area contributed by atoms with Crippen molar-refractivity contribution in [3.8, 4) is 0 Å². The molecule has 0 aromatic heterocycles. The molecule has 3 heteroatoms.